The lowest BCUT2D eigenvalue weighted by Gasteiger charge is -2.31. The zero-order valence-electron chi connectivity index (χ0n) is 19.3. The quantitative estimate of drug-likeness (QED) is 0.427. The third kappa shape index (κ3) is 6.96. The summed E-state index contributed by atoms with van der Waals surface area (Å²) in [5.74, 6) is -0.986. The van der Waals surface area contributed by atoms with Gasteiger partial charge in [0.15, 0.2) is 23.0 Å². The largest absolute Gasteiger partial charge is 0.489 e. The number of amides is 1. The minimum absolute atomic E-state index is 0. The van der Waals surface area contributed by atoms with Crippen molar-refractivity contribution in [2.75, 3.05) is 26.2 Å². The van der Waals surface area contributed by atoms with Crippen LogP contribution in [0.4, 0.5) is 8.78 Å². The Kier molecular flexibility index (Phi) is 10.3. The van der Waals surface area contributed by atoms with E-state index in [0.29, 0.717) is 31.2 Å². The number of benzene rings is 1. The molecule has 1 aromatic heterocycles. The number of nitrogens with one attached hydrogen (secondary N) is 1. The highest BCUT2D eigenvalue weighted by atomic mass is 35.5. The van der Waals surface area contributed by atoms with E-state index < -0.39 is 30.6 Å². The lowest BCUT2D eigenvalue weighted by atomic mass is 10.1. The van der Waals surface area contributed by atoms with E-state index in [9.17, 15) is 23.5 Å². The molecule has 1 aromatic carbocycles. The summed E-state index contributed by atoms with van der Waals surface area (Å²) in [6.45, 7) is -0.442. The first-order chi connectivity index (χ1) is 16.2. The molecule has 14 heteroatoms. The third-order valence-corrected chi connectivity index (χ3v) is 5.61. The number of carbonyl (C=O) groups is 2. The van der Waals surface area contributed by atoms with Crippen molar-refractivity contribution in [1.29, 1.82) is 0 Å². The van der Waals surface area contributed by atoms with E-state index in [-0.39, 0.29) is 60.2 Å². The zero-order chi connectivity index (χ0) is 24.4. The summed E-state index contributed by atoms with van der Waals surface area (Å²) in [5, 5.41) is 12.1. The fourth-order valence-corrected chi connectivity index (χ4v) is 3.61. The van der Waals surface area contributed by atoms with Crippen molar-refractivity contribution in [1.82, 2.24) is 15.2 Å². The molecule has 4 rings (SSSR count). The number of nitrogens with two attached hydrogens (primary N) is 1. The van der Waals surface area contributed by atoms with E-state index in [1.807, 2.05) is 0 Å². The summed E-state index contributed by atoms with van der Waals surface area (Å²) in [4.78, 5) is 30.2. The van der Waals surface area contributed by atoms with Crippen molar-refractivity contribution in [2.24, 2.45) is 11.7 Å². The summed E-state index contributed by atoms with van der Waals surface area (Å²) in [6, 6.07) is 2.70. The normalized spacial score (nSPS) is 18.1. The minimum atomic E-state index is -3.02. The van der Waals surface area contributed by atoms with Crippen LogP contribution in [0.25, 0.3) is 11.5 Å². The second-order valence-electron chi connectivity index (χ2n) is 8.41. The van der Waals surface area contributed by atoms with Gasteiger partial charge in [-0.3, -0.25) is 9.59 Å². The number of ether oxygens (including phenoxy) is 2. The second kappa shape index (κ2) is 12.5. The van der Waals surface area contributed by atoms with Crippen LogP contribution in [-0.2, 0) is 4.79 Å². The Bertz CT molecular complexity index is 1070. The Morgan fingerprint density at radius 3 is 2.64 bits per heavy atom. The molecule has 0 bridgehead atoms. The number of nitrogens with zero attached hydrogens (tertiary/aromatic N) is 2. The maximum absolute atomic E-state index is 13.2. The van der Waals surface area contributed by atoms with Crippen LogP contribution in [0.15, 0.2) is 22.6 Å². The molecule has 10 nitrogen and oxygen atoms in total. The maximum atomic E-state index is 13.2. The standard InChI is InChI=1S/C22H26F2N4O6.2ClH/c1-11(25)18-17(20(29)28-7-6-26-14(9-28)21(30)31)27-19(34-18)13-4-5-15(33-22(23)24)16(8-13)32-10-12-2-3-12;;/h4-5,8,11-12,14,22,26H,2-3,6-7,9-10,25H2,1H3,(H,30,31);2*1H/t11-,14?;;/m0../s1. The van der Waals surface area contributed by atoms with E-state index in [1.54, 1.807) is 6.92 Å². The van der Waals surface area contributed by atoms with Crippen molar-refractivity contribution >= 4 is 36.7 Å². The van der Waals surface area contributed by atoms with Gasteiger partial charge in [0.2, 0.25) is 5.89 Å². The minimum Gasteiger partial charge on any atom is -0.489 e. The van der Waals surface area contributed by atoms with Gasteiger partial charge in [-0.2, -0.15) is 8.78 Å². The van der Waals surface area contributed by atoms with Gasteiger partial charge in [0, 0.05) is 25.2 Å². The van der Waals surface area contributed by atoms with Crippen LogP contribution in [0, 0.1) is 5.92 Å². The number of oxazole rings is 1. The van der Waals surface area contributed by atoms with Gasteiger partial charge in [0.25, 0.3) is 5.91 Å². The highest BCUT2D eigenvalue weighted by Crippen LogP contribution is 2.37. The number of aliphatic carboxylic acids is 1. The Labute approximate surface area is 218 Å². The summed E-state index contributed by atoms with van der Waals surface area (Å²) in [6.07, 6.45) is 2.03. The molecule has 2 atom stereocenters. The molecule has 2 fully saturated rings. The molecule has 1 aliphatic heterocycles. The molecule has 0 radical (unpaired) electrons. The maximum Gasteiger partial charge on any atom is 0.387 e. The van der Waals surface area contributed by atoms with E-state index in [2.05, 4.69) is 15.0 Å². The van der Waals surface area contributed by atoms with Crippen LogP contribution in [0.2, 0.25) is 0 Å². The molecule has 1 saturated heterocycles. The Hall–Kier alpha value is -2.67. The van der Waals surface area contributed by atoms with Crippen LogP contribution in [0.1, 0.15) is 42.1 Å². The molecule has 4 N–H and O–H groups in total. The van der Waals surface area contributed by atoms with Gasteiger partial charge in [0.1, 0.15) is 6.04 Å². The number of halogens is 4. The van der Waals surface area contributed by atoms with Crippen LogP contribution < -0.4 is 20.5 Å². The Balaban J connectivity index is 0.00000228. The van der Waals surface area contributed by atoms with Gasteiger partial charge >= 0.3 is 12.6 Å². The number of rotatable bonds is 9. The molecule has 1 amide bonds. The summed E-state index contributed by atoms with van der Waals surface area (Å²) in [5.41, 5.74) is 6.37. The number of carboxylic acids is 1. The molecule has 1 saturated carbocycles. The molecular weight excluding hydrogens is 525 g/mol. The Morgan fingerprint density at radius 1 is 1.31 bits per heavy atom. The summed E-state index contributed by atoms with van der Waals surface area (Å²) >= 11 is 0. The second-order valence-corrected chi connectivity index (χ2v) is 8.41. The Morgan fingerprint density at radius 2 is 2.03 bits per heavy atom. The lowest BCUT2D eigenvalue weighted by Crippen LogP contribution is -2.55. The van der Waals surface area contributed by atoms with Crippen molar-refractivity contribution in [3.05, 3.63) is 29.7 Å². The lowest BCUT2D eigenvalue weighted by molar-refractivity contribution is -0.140. The smallest absolute Gasteiger partial charge is 0.387 e. The molecule has 2 aliphatic rings. The molecule has 200 valence electrons. The number of piperazine rings is 1. The van der Waals surface area contributed by atoms with Crippen LogP contribution >= 0.6 is 24.8 Å². The highest BCUT2D eigenvalue weighted by molar-refractivity contribution is 5.94. The van der Waals surface area contributed by atoms with Gasteiger partial charge < -0.3 is 34.9 Å². The van der Waals surface area contributed by atoms with Gasteiger partial charge in [-0.25, -0.2) is 4.98 Å². The first kappa shape index (κ1) is 29.6. The zero-order valence-corrected chi connectivity index (χ0v) is 20.9. The van der Waals surface area contributed by atoms with E-state index in [1.165, 1.54) is 23.1 Å². The first-order valence-corrected chi connectivity index (χ1v) is 11.0. The van der Waals surface area contributed by atoms with Crippen molar-refractivity contribution in [2.45, 2.75) is 38.5 Å². The van der Waals surface area contributed by atoms with Crippen LogP contribution in [0.3, 0.4) is 0 Å². The van der Waals surface area contributed by atoms with E-state index in [4.69, 9.17) is 14.9 Å². The average molecular weight is 553 g/mol. The molecule has 0 spiro atoms. The number of alkyl halides is 2. The predicted molar refractivity (Wildman–Crippen MR) is 129 cm³/mol. The predicted octanol–water partition coefficient (Wildman–Crippen LogP) is 3.09. The van der Waals surface area contributed by atoms with Gasteiger partial charge in [-0.15, -0.1) is 24.8 Å². The molecule has 1 unspecified atom stereocenters. The number of carboxylic acid groups (broad SMARTS) is 1. The van der Waals surface area contributed by atoms with Crippen LogP contribution in [0.5, 0.6) is 11.5 Å². The molecule has 1 aliphatic carbocycles. The molecule has 2 heterocycles. The highest BCUT2D eigenvalue weighted by Gasteiger charge is 2.33. The van der Waals surface area contributed by atoms with Crippen molar-refractivity contribution < 1.29 is 37.4 Å². The topological polar surface area (TPSA) is 140 Å². The van der Waals surface area contributed by atoms with Crippen molar-refractivity contribution in [3.8, 4) is 23.0 Å². The van der Waals surface area contributed by atoms with Gasteiger partial charge in [0.05, 0.1) is 12.6 Å². The fraction of sp³-hybridized carbons (Fsp3) is 0.500. The van der Waals surface area contributed by atoms with Gasteiger partial charge in [-0.1, -0.05) is 0 Å². The van der Waals surface area contributed by atoms with Crippen molar-refractivity contribution in [3.63, 3.8) is 0 Å². The van der Waals surface area contributed by atoms with Crippen LogP contribution in [-0.4, -0.2) is 65.8 Å². The number of aromatic nitrogens is 1. The SMILES string of the molecule is C[C@H](N)c1oc(-c2ccc(OC(F)F)c(OCC3CC3)c2)nc1C(=O)N1CCNC(C(=O)O)C1.Cl.Cl. The summed E-state index contributed by atoms with van der Waals surface area (Å²) in [7, 11) is 0. The number of carbonyl (C=O) groups excluding carboxylic acids is 1. The van der Waals surface area contributed by atoms with E-state index in [0.717, 1.165) is 12.8 Å². The molecule has 36 heavy (non-hydrogen) atoms. The monoisotopic (exact) mass is 552 g/mol. The van der Waals surface area contributed by atoms with Gasteiger partial charge in [-0.05, 0) is 43.9 Å². The number of hydrogen-bond acceptors (Lipinski definition) is 8. The summed E-state index contributed by atoms with van der Waals surface area (Å²) < 4.78 is 41.7. The molecule has 2 aromatic rings. The average Bonchev–Trinajstić information content (AvgIpc) is 3.52. The fourth-order valence-electron chi connectivity index (χ4n) is 3.61. The van der Waals surface area contributed by atoms with E-state index >= 15 is 0 Å². The third-order valence-electron chi connectivity index (χ3n) is 5.61. The molecular formula is C22H28Cl2F2N4O6. The number of hydrogen-bond donors (Lipinski definition) is 3. The first-order valence-electron chi connectivity index (χ1n) is 11.0.